The Morgan fingerprint density at radius 2 is 1.85 bits per heavy atom. The molecule has 2 rings (SSSR count). The van der Waals surface area contributed by atoms with Gasteiger partial charge in [0.15, 0.2) is 0 Å². The standard InChI is InChI=1S/C13H14F2N2O3/c1-13(8-5-9(14)7-10(15)6-8)11(19)17(3-2-4-18)12(20)16-13/h5-7,18H,2-4H2,1H3,(H,16,20). The fourth-order valence-electron chi connectivity index (χ4n) is 2.17. The van der Waals surface area contributed by atoms with Gasteiger partial charge in [0.2, 0.25) is 0 Å². The van der Waals surface area contributed by atoms with E-state index in [-0.39, 0.29) is 25.1 Å². The number of hydrogen-bond acceptors (Lipinski definition) is 3. The smallest absolute Gasteiger partial charge is 0.325 e. The van der Waals surface area contributed by atoms with Crippen molar-refractivity contribution in [3.8, 4) is 0 Å². The number of imide groups is 1. The summed E-state index contributed by atoms with van der Waals surface area (Å²) in [6.07, 6.45) is 0.243. The highest BCUT2D eigenvalue weighted by atomic mass is 19.1. The van der Waals surface area contributed by atoms with Crippen LogP contribution in [0, 0.1) is 11.6 Å². The number of nitrogens with zero attached hydrogens (tertiary/aromatic N) is 1. The number of nitrogens with one attached hydrogen (secondary N) is 1. The van der Waals surface area contributed by atoms with Crippen molar-refractivity contribution in [2.45, 2.75) is 18.9 Å². The maximum absolute atomic E-state index is 13.3. The number of carbonyl (C=O) groups is 2. The Kier molecular flexibility index (Phi) is 3.71. The lowest BCUT2D eigenvalue weighted by molar-refractivity contribution is -0.131. The third kappa shape index (κ3) is 2.36. The highest BCUT2D eigenvalue weighted by Gasteiger charge is 2.48. The van der Waals surface area contributed by atoms with E-state index in [0.29, 0.717) is 6.07 Å². The summed E-state index contributed by atoms with van der Waals surface area (Å²) in [4.78, 5) is 25.0. The van der Waals surface area contributed by atoms with Gasteiger partial charge in [0.1, 0.15) is 17.2 Å². The van der Waals surface area contributed by atoms with Gasteiger partial charge < -0.3 is 10.4 Å². The Labute approximate surface area is 114 Å². The van der Waals surface area contributed by atoms with Crippen LogP contribution in [0.2, 0.25) is 0 Å². The van der Waals surface area contributed by atoms with Crippen molar-refractivity contribution in [2.75, 3.05) is 13.2 Å². The van der Waals surface area contributed by atoms with E-state index < -0.39 is 29.1 Å². The molecule has 0 aliphatic carbocycles. The van der Waals surface area contributed by atoms with Crippen molar-refractivity contribution in [1.29, 1.82) is 0 Å². The molecule has 7 heteroatoms. The Morgan fingerprint density at radius 1 is 1.25 bits per heavy atom. The second kappa shape index (κ2) is 5.16. The van der Waals surface area contributed by atoms with Crippen molar-refractivity contribution in [3.05, 3.63) is 35.4 Å². The summed E-state index contributed by atoms with van der Waals surface area (Å²) in [7, 11) is 0. The van der Waals surface area contributed by atoms with E-state index in [1.165, 1.54) is 6.92 Å². The predicted octanol–water partition coefficient (Wildman–Crippen LogP) is 1.11. The van der Waals surface area contributed by atoms with Crippen LogP contribution in [0.3, 0.4) is 0 Å². The predicted molar refractivity (Wildman–Crippen MR) is 65.7 cm³/mol. The monoisotopic (exact) mass is 284 g/mol. The number of aliphatic hydroxyl groups excluding tert-OH is 1. The molecule has 0 aromatic heterocycles. The molecule has 1 heterocycles. The Hall–Kier alpha value is -2.02. The maximum atomic E-state index is 13.3. The molecule has 108 valence electrons. The fourth-order valence-corrected chi connectivity index (χ4v) is 2.17. The third-order valence-corrected chi connectivity index (χ3v) is 3.25. The fraction of sp³-hybridized carbons (Fsp3) is 0.385. The topological polar surface area (TPSA) is 69.6 Å². The molecule has 1 saturated heterocycles. The number of amides is 3. The molecule has 20 heavy (non-hydrogen) atoms. The second-order valence-electron chi connectivity index (χ2n) is 4.75. The SMILES string of the molecule is CC1(c2cc(F)cc(F)c2)NC(=O)N(CCCO)C1=O. The molecule has 0 saturated carbocycles. The number of urea groups is 1. The Bertz CT molecular complexity index is 544. The molecule has 2 N–H and O–H groups in total. The van der Waals surface area contributed by atoms with Crippen LogP contribution >= 0.6 is 0 Å². The van der Waals surface area contributed by atoms with E-state index in [9.17, 15) is 18.4 Å². The summed E-state index contributed by atoms with van der Waals surface area (Å²) in [5.74, 6) is -2.24. The lowest BCUT2D eigenvalue weighted by Crippen LogP contribution is -2.41. The molecule has 1 aromatic carbocycles. The van der Waals surface area contributed by atoms with Gasteiger partial charge in [-0.15, -0.1) is 0 Å². The number of carbonyl (C=O) groups excluding carboxylic acids is 2. The molecule has 1 aliphatic rings. The van der Waals surface area contributed by atoms with Gasteiger partial charge in [0, 0.05) is 19.2 Å². The van der Waals surface area contributed by atoms with Crippen LogP contribution in [0.4, 0.5) is 13.6 Å². The van der Waals surface area contributed by atoms with Crippen molar-refractivity contribution < 1.29 is 23.5 Å². The summed E-state index contributed by atoms with van der Waals surface area (Å²) >= 11 is 0. The van der Waals surface area contributed by atoms with Crippen molar-refractivity contribution >= 4 is 11.9 Å². The first-order valence-corrected chi connectivity index (χ1v) is 6.10. The van der Waals surface area contributed by atoms with E-state index in [1.54, 1.807) is 0 Å². The number of halogens is 2. The number of aliphatic hydroxyl groups is 1. The van der Waals surface area contributed by atoms with Crippen LogP contribution in [-0.4, -0.2) is 35.1 Å². The third-order valence-electron chi connectivity index (χ3n) is 3.25. The first kappa shape index (κ1) is 14.4. The van der Waals surface area contributed by atoms with E-state index in [4.69, 9.17) is 5.11 Å². The van der Waals surface area contributed by atoms with Crippen molar-refractivity contribution in [1.82, 2.24) is 10.2 Å². The molecule has 0 radical (unpaired) electrons. The van der Waals surface area contributed by atoms with Gasteiger partial charge in [-0.05, 0) is 31.0 Å². The van der Waals surface area contributed by atoms with Crippen LogP contribution in [-0.2, 0) is 10.3 Å². The van der Waals surface area contributed by atoms with Gasteiger partial charge in [-0.1, -0.05) is 0 Å². The summed E-state index contributed by atoms with van der Waals surface area (Å²) < 4.78 is 26.5. The largest absolute Gasteiger partial charge is 0.396 e. The molecule has 1 aliphatic heterocycles. The van der Waals surface area contributed by atoms with Crippen LogP contribution in [0.15, 0.2) is 18.2 Å². The average molecular weight is 284 g/mol. The highest BCUT2D eigenvalue weighted by molar-refractivity contribution is 6.07. The number of benzene rings is 1. The molecule has 1 atom stereocenters. The summed E-state index contributed by atoms with van der Waals surface area (Å²) in [6.45, 7) is 1.28. The molecule has 1 fully saturated rings. The zero-order valence-corrected chi connectivity index (χ0v) is 10.8. The average Bonchev–Trinajstić information content (AvgIpc) is 2.58. The molecular weight excluding hydrogens is 270 g/mol. The molecule has 0 spiro atoms. The van der Waals surface area contributed by atoms with Crippen molar-refractivity contribution in [2.24, 2.45) is 0 Å². The van der Waals surface area contributed by atoms with Gasteiger partial charge in [-0.2, -0.15) is 0 Å². The summed E-state index contributed by atoms with van der Waals surface area (Å²) in [5.41, 5.74) is -1.46. The molecule has 1 aromatic rings. The van der Waals surface area contributed by atoms with Crippen LogP contribution in [0.5, 0.6) is 0 Å². The first-order chi connectivity index (χ1) is 9.38. The van der Waals surface area contributed by atoms with E-state index >= 15 is 0 Å². The lowest BCUT2D eigenvalue weighted by Gasteiger charge is -2.22. The molecule has 3 amide bonds. The lowest BCUT2D eigenvalue weighted by atomic mass is 9.92. The summed E-state index contributed by atoms with van der Waals surface area (Å²) in [5, 5.41) is 11.2. The van der Waals surface area contributed by atoms with Crippen LogP contribution in [0.25, 0.3) is 0 Å². The minimum atomic E-state index is -1.50. The zero-order valence-electron chi connectivity index (χ0n) is 10.8. The van der Waals surface area contributed by atoms with Gasteiger partial charge in [-0.25, -0.2) is 13.6 Å². The Morgan fingerprint density at radius 3 is 2.40 bits per heavy atom. The first-order valence-electron chi connectivity index (χ1n) is 6.10. The van der Waals surface area contributed by atoms with Crippen LogP contribution in [0.1, 0.15) is 18.9 Å². The van der Waals surface area contributed by atoms with Gasteiger partial charge in [0.05, 0.1) is 0 Å². The summed E-state index contributed by atoms with van der Waals surface area (Å²) in [6, 6.07) is 2.07. The maximum Gasteiger partial charge on any atom is 0.325 e. The van der Waals surface area contributed by atoms with Crippen molar-refractivity contribution in [3.63, 3.8) is 0 Å². The quantitative estimate of drug-likeness (QED) is 0.814. The van der Waals surface area contributed by atoms with Gasteiger partial charge in [-0.3, -0.25) is 9.69 Å². The number of hydrogen-bond donors (Lipinski definition) is 2. The molecular formula is C13H14F2N2O3. The van der Waals surface area contributed by atoms with Crippen LogP contribution < -0.4 is 5.32 Å². The number of rotatable bonds is 4. The van der Waals surface area contributed by atoms with Gasteiger partial charge >= 0.3 is 6.03 Å². The minimum absolute atomic E-state index is 0.0415. The van der Waals surface area contributed by atoms with E-state index in [2.05, 4.69) is 5.32 Å². The molecule has 5 nitrogen and oxygen atoms in total. The Balaban J connectivity index is 2.35. The second-order valence-corrected chi connectivity index (χ2v) is 4.75. The molecule has 0 bridgehead atoms. The van der Waals surface area contributed by atoms with Gasteiger partial charge in [0.25, 0.3) is 5.91 Å². The normalized spacial score (nSPS) is 22.3. The molecule has 1 unspecified atom stereocenters. The van der Waals surface area contributed by atoms with E-state index in [0.717, 1.165) is 17.0 Å². The highest BCUT2D eigenvalue weighted by Crippen LogP contribution is 2.29. The zero-order chi connectivity index (χ0) is 14.9. The minimum Gasteiger partial charge on any atom is -0.396 e. The van der Waals surface area contributed by atoms with E-state index in [1.807, 2.05) is 0 Å².